The van der Waals surface area contributed by atoms with Crippen molar-refractivity contribution in [1.82, 2.24) is 19.5 Å². The third kappa shape index (κ3) is 2.41. The summed E-state index contributed by atoms with van der Waals surface area (Å²) in [7, 11) is 1.96. The molecule has 0 aliphatic carbocycles. The van der Waals surface area contributed by atoms with Gasteiger partial charge in [-0.25, -0.2) is 15.0 Å². The van der Waals surface area contributed by atoms with Crippen LogP contribution < -0.4 is 5.32 Å². The van der Waals surface area contributed by atoms with Gasteiger partial charge in [0.25, 0.3) is 0 Å². The predicted molar refractivity (Wildman–Crippen MR) is 77.7 cm³/mol. The average molecular weight is 294 g/mol. The molecule has 0 bridgehead atoms. The summed E-state index contributed by atoms with van der Waals surface area (Å²) in [6, 6.07) is 2.07. The Morgan fingerprint density at radius 1 is 1.42 bits per heavy atom. The summed E-state index contributed by atoms with van der Waals surface area (Å²) in [5, 5.41) is 4.53. The summed E-state index contributed by atoms with van der Waals surface area (Å²) in [5.41, 5.74) is 0. The van der Waals surface area contributed by atoms with Gasteiger partial charge in [0, 0.05) is 24.3 Å². The molecule has 3 aromatic rings. The number of aromatic nitrogens is 4. The molecule has 3 aromatic heterocycles. The summed E-state index contributed by atoms with van der Waals surface area (Å²) < 4.78 is 1.96. The molecule has 0 radical (unpaired) electrons. The average Bonchev–Trinajstić information content (AvgIpc) is 2.91. The maximum atomic E-state index is 5.95. The molecule has 0 aromatic carbocycles. The van der Waals surface area contributed by atoms with Crippen LogP contribution in [0.3, 0.4) is 0 Å². The highest BCUT2D eigenvalue weighted by atomic mass is 35.5. The van der Waals surface area contributed by atoms with Gasteiger partial charge in [-0.2, -0.15) is 0 Å². The van der Waals surface area contributed by atoms with Crippen LogP contribution in [-0.4, -0.2) is 19.5 Å². The molecule has 0 fully saturated rings. The van der Waals surface area contributed by atoms with Gasteiger partial charge in [0.05, 0.1) is 11.9 Å². The zero-order valence-corrected chi connectivity index (χ0v) is 12.1. The van der Waals surface area contributed by atoms with Crippen LogP contribution in [-0.2, 0) is 13.6 Å². The van der Waals surface area contributed by atoms with Crippen LogP contribution in [0.5, 0.6) is 0 Å². The van der Waals surface area contributed by atoms with E-state index in [1.54, 1.807) is 17.5 Å². The predicted octanol–water partition coefficient (Wildman–Crippen LogP) is 3.00. The van der Waals surface area contributed by atoms with E-state index in [1.165, 1.54) is 4.88 Å². The van der Waals surface area contributed by atoms with Crippen molar-refractivity contribution in [3.05, 3.63) is 34.4 Å². The molecule has 0 saturated heterocycles. The van der Waals surface area contributed by atoms with Crippen LogP contribution in [0.15, 0.2) is 18.5 Å². The molecule has 1 N–H and O–H groups in total. The second kappa shape index (κ2) is 4.79. The number of thiophene rings is 1. The second-order valence-electron chi connectivity index (χ2n) is 4.23. The van der Waals surface area contributed by atoms with Crippen molar-refractivity contribution in [3.8, 4) is 0 Å². The van der Waals surface area contributed by atoms with Crippen molar-refractivity contribution in [3.63, 3.8) is 0 Å². The minimum absolute atomic E-state index is 0.261. The van der Waals surface area contributed by atoms with Crippen LogP contribution in [0, 0.1) is 6.92 Å². The first-order valence-corrected chi connectivity index (χ1v) is 6.96. The smallest absolute Gasteiger partial charge is 0.225 e. The van der Waals surface area contributed by atoms with Gasteiger partial charge in [0.1, 0.15) is 16.5 Å². The minimum atomic E-state index is 0.261. The van der Waals surface area contributed by atoms with Crippen molar-refractivity contribution < 1.29 is 0 Å². The lowest BCUT2D eigenvalue weighted by Gasteiger charge is -2.07. The molecule has 0 aliphatic heterocycles. The molecule has 0 aliphatic rings. The van der Waals surface area contributed by atoms with E-state index in [0.29, 0.717) is 6.54 Å². The van der Waals surface area contributed by atoms with E-state index in [0.717, 1.165) is 21.9 Å². The molecule has 0 saturated carbocycles. The second-order valence-corrected chi connectivity index (χ2v) is 5.80. The van der Waals surface area contributed by atoms with Crippen LogP contribution >= 0.6 is 22.9 Å². The van der Waals surface area contributed by atoms with Crippen molar-refractivity contribution in [1.29, 1.82) is 0 Å². The molecule has 0 atom stereocenters. The zero-order valence-electron chi connectivity index (χ0n) is 10.5. The summed E-state index contributed by atoms with van der Waals surface area (Å²) >= 11 is 7.56. The van der Waals surface area contributed by atoms with E-state index in [2.05, 4.69) is 26.3 Å². The van der Waals surface area contributed by atoms with Gasteiger partial charge in [-0.15, -0.1) is 11.3 Å². The van der Waals surface area contributed by atoms with E-state index in [-0.39, 0.29) is 5.28 Å². The fourth-order valence-electron chi connectivity index (χ4n) is 1.88. The fraction of sp³-hybridized carbons (Fsp3) is 0.250. The number of fused-ring (bicyclic) bond motifs is 1. The Morgan fingerprint density at radius 2 is 2.26 bits per heavy atom. The zero-order chi connectivity index (χ0) is 13.4. The van der Waals surface area contributed by atoms with Crippen molar-refractivity contribution in [2.24, 2.45) is 7.05 Å². The number of nitrogens with one attached hydrogen (secondary N) is 1. The number of hydrogen-bond acceptors (Lipinski definition) is 5. The van der Waals surface area contributed by atoms with Crippen LogP contribution in [0.1, 0.15) is 10.7 Å². The SMILES string of the molecule is Cc1cc2c(NCc3nccn3C)nc(Cl)nc2s1. The molecule has 19 heavy (non-hydrogen) atoms. The maximum absolute atomic E-state index is 5.95. The Bertz CT molecular complexity index is 733. The topological polar surface area (TPSA) is 55.6 Å². The summed E-state index contributed by atoms with van der Waals surface area (Å²) in [6.45, 7) is 2.64. The Kier molecular flexibility index (Phi) is 3.12. The van der Waals surface area contributed by atoms with Crippen molar-refractivity contribution in [2.45, 2.75) is 13.5 Å². The first kappa shape index (κ1) is 12.4. The van der Waals surface area contributed by atoms with Crippen LogP contribution in [0.2, 0.25) is 5.28 Å². The lowest BCUT2D eigenvalue weighted by atomic mass is 10.3. The van der Waals surface area contributed by atoms with Gasteiger partial charge in [-0.05, 0) is 24.6 Å². The molecule has 3 heterocycles. The summed E-state index contributed by atoms with van der Waals surface area (Å²) in [4.78, 5) is 14.8. The number of imidazole rings is 1. The molecule has 0 spiro atoms. The third-order valence-electron chi connectivity index (χ3n) is 2.82. The molecule has 5 nitrogen and oxygen atoms in total. The van der Waals surface area contributed by atoms with E-state index in [9.17, 15) is 0 Å². The maximum Gasteiger partial charge on any atom is 0.225 e. The summed E-state index contributed by atoms with van der Waals surface area (Å²) in [6.07, 6.45) is 3.68. The Morgan fingerprint density at radius 3 is 3.00 bits per heavy atom. The molecule has 98 valence electrons. The minimum Gasteiger partial charge on any atom is -0.362 e. The highest BCUT2D eigenvalue weighted by Gasteiger charge is 2.10. The van der Waals surface area contributed by atoms with E-state index in [1.807, 2.05) is 24.7 Å². The Labute approximate surface area is 119 Å². The largest absolute Gasteiger partial charge is 0.362 e. The van der Waals surface area contributed by atoms with Gasteiger partial charge in [-0.1, -0.05) is 0 Å². The normalized spacial score (nSPS) is 11.1. The number of rotatable bonds is 3. The standard InChI is InChI=1S/C12H12ClN5S/c1-7-5-8-10(16-12(13)17-11(8)19-7)15-6-9-14-3-4-18(9)2/h3-5H,6H2,1-2H3,(H,15,16,17). The van der Waals surface area contributed by atoms with Crippen molar-refractivity contribution in [2.75, 3.05) is 5.32 Å². The molecule has 3 rings (SSSR count). The lowest BCUT2D eigenvalue weighted by Crippen LogP contribution is -2.07. The lowest BCUT2D eigenvalue weighted by molar-refractivity contribution is 0.811. The molecule has 0 amide bonds. The highest BCUT2D eigenvalue weighted by Crippen LogP contribution is 2.29. The number of halogens is 1. The van der Waals surface area contributed by atoms with Crippen LogP contribution in [0.4, 0.5) is 5.82 Å². The molecular formula is C12H12ClN5S. The van der Waals surface area contributed by atoms with E-state index >= 15 is 0 Å². The molecule has 0 unspecified atom stereocenters. The van der Waals surface area contributed by atoms with E-state index in [4.69, 9.17) is 11.6 Å². The van der Waals surface area contributed by atoms with E-state index < -0.39 is 0 Å². The van der Waals surface area contributed by atoms with Crippen LogP contribution in [0.25, 0.3) is 10.2 Å². The highest BCUT2D eigenvalue weighted by molar-refractivity contribution is 7.18. The monoisotopic (exact) mass is 293 g/mol. The van der Waals surface area contributed by atoms with Gasteiger partial charge in [0.2, 0.25) is 5.28 Å². The third-order valence-corrected chi connectivity index (χ3v) is 3.94. The Hall–Kier alpha value is -1.66. The number of aryl methyl sites for hydroxylation is 2. The first-order valence-electron chi connectivity index (χ1n) is 5.77. The number of nitrogens with zero attached hydrogens (tertiary/aromatic N) is 4. The van der Waals surface area contributed by atoms with Gasteiger partial charge in [0.15, 0.2) is 0 Å². The Balaban J connectivity index is 1.94. The summed E-state index contributed by atoms with van der Waals surface area (Å²) in [5.74, 6) is 1.69. The quantitative estimate of drug-likeness (QED) is 0.754. The van der Waals surface area contributed by atoms with Crippen molar-refractivity contribution >= 4 is 39.0 Å². The van der Waals surface area contributed by atoms with Gasteiger partial charge < -0.3 is 9.88 Å². The fourth-order valence-corrected chi connectivity index (χ4v) is 2.98. The number of hydrogen-bond donors (Lipinski definition) is 1. The van der Waals surface area contributed by atoms with Gasteiger partial charge >= 0.3 is 0 Å². The molecular weight excluding hydrogens is 282 g/mol. The molecule has 7 heteroatoms. The first-order chi connectivity index (χ1) is 9.13. The van der Waals surface area contributed by atoms with Gasteiger partial charge in [-0.3, -0.25) is 0 Å². The number of anilines is 1.